The van der Waals surface area contributed by atoms with Gasteiger partial charge in [-0.25, -0.2) is 18.1 Å². The molecule has 1 aromatic carbocycles. The first-order chi connectivity index (χ1) is 9.31. The summed E-state index contributed by atoms with van der Waals surface area (Å²) in [5, 5.41) is -0.0777. The number of halogens is 2. The molecule has 0 unspecified atom stereocenters. The SMILES string of the molecule is C[C@@H](NS(=O)(=O)c1ncn(C)c1Cl)c1ccc(Br)cc1. The smallest absolute Gasteiger partial charge is 0.261 e. The summed E-state index contributed by atoms with van der Waals surface area (Å²) in [5.74, 6) is 0. The molecule has 8 heteroatoms. The standard InChI is InChI=1S/C12H13BrClN3O2S/c1-8(9-3-5-10(13)6-4-9)16-20(18,19)12-11(14)17(2)7-15-12/h3-8,16H,1-2H3/t8-/m1/s1. The van der Waals surface area contributed by atoms with Gasteiger partial charge in [-0.05, 0) is 24.6 Å². The van der Waals surface area contributed by atoms with Gasteiger partial charge in [0.05, 0.1) is 6.33 Å². The highest BCUT2D eigenvalue weighted by Gasteiger charge is 2.24. The van der Waals surface area contributed by atoms with Crippen molar-refractivity contribution in [1.82, 2.24) is 14.3 Å². The molecule has 0 fully saturated rings. The van der Waals surface area contributed by atoms with Crippen molar-refractivity contribution in [3.8, 4) is 0 Å². The molecule has 0 radical (unpaired) electrons. The van der Waals surface area contributed by atoms with Gasteiger partial charge >= 0.3 is 0 Å². The van der Waals surface area contributed by atoms with E-state index in [9.17, 15) is 8.42 Å². The number of nitrogens with zero attached hydrogens (tertiary/aromatic N) is 2. The lowest BCUT2D eigenvalue weighted by atomic mass is 10.1. The number of sulfonamides is 1. The third-order valence-corrected chi connectivity index (χ3v) is 5.35. The molecule has 2 aromatic rings. The maximum atomic E-state index is 12.2. The maximum Gasteiger partial charge on any atom is 0.261 e. The molecular formula is C12H13BrClN3O2S. The van der Waals surface area contributed by atoms with Gasteiger partial charge in [0.1, 0.15) is 5.15 Å². The topological polar surface area (TPSA) is 64.0 Å². The summed E-state index contributed by atoms with van der Waals surface area (Å²) < 4.78 is 29.4. The molecule has 1 N–H and O–H groups in total. The van der Waals surface area contributed by atoms with Crippen LogP contribution in [-0.2, 0) is 17.1 Å². The second-order valence-electron chi connectivity index (χ2n) is 4.35. The van der Waals surface area contributed by atoms with Crippen molar-refractivity contribution in [2.24, 2.45) is 7.05 Å². The molecule has 0 spiro atoms. The van der Waals surface area contributed by atoms with Crippen LogP contribution >= 0.6 is 27.5 Å². The van der Waals surface area contributed by atoms with Crippen LogP contribution in [0.4, 0.5) is 0 Å². The Morgan fingerprint density at radius 1 is 1.35 bits per heavy atom. The molecule has 0 bridgehead atoms. The van der Waals surface area contributed by atoms with Crippen LogP contribution in [0.1, 0.15) is 18.5 Å². The van der Waals surface area contributed by atoms with Gasteiger partial charge in [-0.2, -0.15) is 0 Å². The highest BCUT2D eigenvalue weighted by Crippen LogP contribution is 2.22. The van der Waals surface area contributed by atoms with E-state index in [1.165, 1.54) is 10.9 Å². The number of hydrogen-bond donors (Lipinski definition) is 1. The summed E-state index contributed by atoms with van der Waals surface area (Å²) in [4.78, 5) is 3.82. The summed E-state index contributed by atoms with van der Waals surface area (Å²) >= 11 is 9.25. The Morgan fingerprint density at radius 3 is 2.45 bits per heavy atom. The van der Waals surface area contributed by atoms with Gasteiger partial charge in [0.25, 0.3) is 10.0 Å². The highest BCUT2D eigenvalue weighted by atomic mass is 79.9. The van der Waals surface area contributed by atoms with Crippen molar-refractivity contribution in [1.29, 1.82) is 0 Å². The Morgan fingerprint density at radius 2 is 1.95 bits per heavy atom. The van der Waals surface area contributed by atoms with Gasteiger partial charge in [0, 0.05) is 17.6 Å². The van der Waals surface area contributed by atoms with Crippen LogP contribution in [0.5, 0.6) is 0 Å². The Labute approximate surface area is 131 Å². The molecule has 0 saturated heterocycles. The Kier molecular flexibility index (Phi) is 4.53. The number of hydrogen-bond acceptors (Lipinski definition) is 3. The molecule has 0 amide bonds. The van der Waals surface area contributed by atoms with Gasteiger partial charge in [0.2, 0.25) is 5.03 Å². The van der Waals surface area contributed by atoms with Crippen LogP contribution in [0.2, 0.25) is 5.15 Å². The second-order valence-corrected chi connectivity index (χ2v) is 7.25. The number of imidazole rings is 1. The lowest BCUT2D eigenvalue weighted by Crippen LogP contribution is -2.27. The zero-order valence-electron chi connectivity index (χ0n) is 10.8. The average molecular weight is 379 g/mol. The monoisotopic (exact) mass is 377 g/mol. The maximum absolute atomic E-state index is 12.2. The summed E-state index contributed by atoms with van der Waals surface area (Å²) in [6.07, 6.45) is 1.36. The molecule has 2 rings (SSSR count). The van der Waals surface area contributed by atoms with E-state index in [0.717, 1.165) is 10.0 Å². The number of nitrogens with one attached hydrogen (secondary N) is 1. The molecule has 0 aliphatic rings. The van der Waals surface area contributed by atoms with Gasteiger partial charge in [0.15, 0.2) is 0 Å². The number of rotatable bonds is 4. The van der Waals surface area contributed by atoms with Gasteiger partial charge in [-0.3, -0.25) is 0 Å². The lowest BCUT2D eigenvalue weighted by Gasteiger charge is -2.13. The van der Waals surface area contributed by atoms with Crippen molar-refractivity contribution in [2.75, 3.05) is 0 Å². The fourth-order valence-corrected chi connectivity index (χ4v) is 3.61. The van der Waals surface area contributed by atoms with E-state index in [1.807, 2.05) is 24.3 Å². The summed E-state index contributed by atoms with van der Waals surface area (Å²) in [7, 11) is -2.12. The fourth-order valence-electron chi connectivity index (χ4n) is 1.68. The van der Waals surface area contributed by atoms with Gasteiger partial charge < -0.3 is 4.57 Å². The molecule has 0 aliphatic carbocycles. The van der Waals surface area contributed by atoms with Gasteiger partial charge in [-0.1, -0.05) is 39.7 Å². The summed E-state index contributed by atoms with van der Waals surface area (Å²) in [5.41, 5.74) is 0.851. The van der Waals surface area contributed by atoms with E-state index in [1.54, 1.807) is 14.0 Å². The van der Waals surface area contributed by atoms with Gasteiger partial charge in [-0.15, -0.1) is 0 Å². The van der Waals surface area contributed by atoms with Crippen LogP contribution in [-0.4, -0.2) is 18.0 Å². The number of aromatic nitrogens is 2. The van der Waals surface area contributed by atoms with Crippen molar-refractivity contribution >= 4 is 37.6 Å². The Hall–Kier alpha value is -0.890. The molecule has 1 atom stereocenters. The van der Waals surface area contributed by atoms with Crippen LogP contribution < -0.4 is 4.72 Å². The highest BCUT2D eigenvalue weighted by molar-refractivity contribution is 9.10. The first-order valence-electron chi connectivity index (χ1n) is 5.76. The summed E-state index contributed by atoms with van der Waals surface area (Å²) in [6, 6.07) is 7.02. The van der Waals surface area contributed by atoms with Crippen molar-refractivity contribution in [2.45, 2.75) is 18.0 Å². The molecule has 0 aliphatic heterocycles. The van der Waals surface area contributed by atoms with Crippen molar-refractivity contribution < 1.29 is 8.42 Å². The largest absolute Gasteiger partial charge is 0.324 e. The third-order valence-electron chi connectivity index (χ3n) is 2.79. The van der Waals surface area contributed by atoms with Crippen LogP contribution in [0.15, 0.2) is 40.1 Å². The molecule has 1 aromatic heterocycles. The Balaban J connectivity index is 2.24. The summed E-state index contributed by atoms with van der Waals surface area (Å²) in [6.45, 7) is 1.76. The minimum atomic E-state index is -3.75. The van der Waals surface area contributed by atoms with E-state index in [0.29, 0.717) is 0 Å². The van der Waals surface area contributed by atoms with Crippen LogP contribution in [0.25, 0.3) is 0 Å². The third kappa shape index (κ3) is 3.22. The molecule has 0 saturated carbocycles. The van der Waals surface area contributed by atoms with E-state index < -0.39 is 10.0 Å². The molecule has 20 heavy (non-hydrogen) atoms. The van der Waals surface area contributed by atoms with E-state index in [-0.39, 0.29) is 16.2 Å². The van der Waals surface area contributed by atoms with Crippen LogP contribution in [0.3, 0.4) is 0 Å². The van der Waals surface area contributed by atoms with E-state index in [4.69, 9.17) is 11.6 Å². The predicted molar refractivity (Wildman–Crippen MR) is 81.1 cm³/mol. The minimum absolute atomic E-state index is 0.0838. The normalized spacial score (nSPS) is 13.4. The van der Waals surface area contributed by atoms with E-state index >= 15 is 0 Å². The first-order valence-corrected chi connectivity index (χ1v) is 8.41. The predicted octanol–water partition coefficient (Wildman–Crippen LogP) is 2.88. The molecule has 5 nitrogen and oxygen atoms in total. The van der Waals surface area contributed by atoms with Crippen molar-refractivity contribution in [3.05, 3.63) is 45.8 Å². The zero-order chi connectivity index (χ0) is 14.9. The zero-order valence-corrected chi connectivity index (χ0v) is 14.0. The van der Waals surface area contributed by atoms with Crippen molar-refractivity contribution in [3.63, 3.8) is 0 Å². The first kappa shape index (κ1) is 15.5. The fraction of sp³-hybridized carbons (Fsp3) is 0.250. The average Bonchev–Trinajstić information content (AvgIpc) is 2.71. The molecular weight excluding hydrogens is 366 g/mol. The lowest BCUT2D eigenvalue weighted by molar-refractivity contribution is 0.563. The Bertz CT molecular complexity index is 713. The molecule has 108 valence electrons. The number of aryl methyl sites for hydroxylation is 1. The number of benzene rings is 1. The second kappa shape index (κ2) is 5.85. The van der Waals surface area contributed by atoms with Crippen LogP contribution in [0, 0.1) is 0 Å². The minimum Gasteiger partial charge on any atom is -0.324 e. The van der Waals surface area contributed by atoms with E-state index in [2.05, 4.69) is 25.6 Å². The quantitative estimate of drug-likeness (QED) is 0.890. The molecule has 1 heterocycles.